The van der Waals surface area contributed by atoms with Crippen LogP contribution in [0.25, 0.3) is 0 Å². The van der Waals surface area contributed by atoms with Crippen LogP contribution >= 0.6 is 0 Å². The number of hydrogen-bond acceptors (Lipinski definition) is 14. The van der Waals surface area contributed by atoms with E-state index in [9.17, 15) is 39.3 Å². The molecule has 0 radical (unpaired) electrons. The molecule has 2 amide bonds. The van der Waals surface area contributed by atoms with Crippen molar-refractivity contribution in [3.8, 4) is 0 Å². The summed E-state index contributed by atoms with van der Waals surface area (Å²) in [6.07, 6.45) is 43.9. The third-order valence-electron chi connectivity index (χ3n) is 14.9. The molecule has 1 rings (SSSR count). The molecule has 0 bridgehead atoms. The van der Waals surface area contributed by atoms with Crippen molar-refractivity contribution >= 4 is 41.5 Å². The minimum Gasteiger partial charge on any atom is -0.462 e. The number of aliphatic hydroxyl groups excluding tert-OH is 4. The Bertz CT molecular complexity index is 1920. The van der Waals surface area contributed by atoms with E-state index in [1.165, 1.54) is 38.5 Å². The minimum absolute atomic E-state index is 0.172. The topological polar surface area (TPSA) is 236 Å². The lowest BCUT2D eigenvalue weighted by atomic mass is 10.1. The molecule has 0 aromatic heterocycles. The van der Waals surface area contributed by atoms with E-state index in [1.807, 2.05) is 0 Å². The first-order valence-corrected chi connectivity index (χ1v) is 33.4. The molecule has 5 unspecified atom stereocenters. The van der Waals surface area contributed by atoms with Gasteiger partial charge in [-0.3, -0.25) is 25.0 Å². The van der Waals surface area contributed by atoms with E-state index in [1.54, 1.807) is 25.1 Å². The van der Waals surface area contributed by atoms with E-state index < -0.39 is 37.0 Å². The molecule has 6 N–H and O–H groups in total. The van der Waals surface area contributed by atoms with Crippen molar-refractivity contribution in [1.29, 1.82) is 0 Å². The number of carbonyl (C=O) groups is 5. The number of aliphatic hydroxyl groups is 4. The minimum atomic E-state index is -1.18. The van der Waals surface area contributed by atoms with Crippen LogP contribution in [0.4, 0.5) is 21.0 Å². The van der Waals surface area contributed by atoms with Crippen molar-refractivity contribution in [2.45, 2.75) is 309 Å². The number of amides is 2. The number of unbranched alkanes of at least 4 members (excludes halogenated alkanes) is 24. The second kappa shape index (κ2) is 55.8. The highest BCUT2D eigenvalue weighted by atomic mass is 16.6. The van der Waals surface area contributed by atoms with Gasteiger partial charge in [-0.1, -0.05) is 192 Å². The molecule has 85 heavy (non-hydrogen) atoms. The Morgan fingerprint density at radius 3 is 1.35 bits per heavy atom. The number of aryl methyl sites for hydroxylation is 1. The van der Waals surface area contributed by atoms with Crippen LogP contribution in [0.2, 0.25) is 0 Å². The summed E-state index contributed by atoms with van der Waals surface area (Å²) in [6, 6.07) is 5.04. The maximum absolute atomic E-state index is 13.0. The number of ether oxygens (including phenoxy) is 5. The molecule has 1 aromatic carbocycles. The van der Waals surface area contributed by atoms with Gasteiger partial charge in [0.1, 0.15) is 32.0 Å². The molecule has 5 atom stereocenters. The van der Waals surface area contributed by atoms with Crippen LogP contribution in [-0.2, 0) is 38.1 Å². The van der Waals surface area contributed by atoms with Crippen molar-refractivity contribution in [2.75, 3.05) is 37.1 Å². The fourth-order valence-electron chi connectivity index (χ4n) is 9.55. The van der Waals surface area contributed by atoms with Crippen LogP contribution < -0.4 is 10.6 Å². The summed E-state index contributed by atoms with van der Waals surface area (Å²) < 4.78 is 27.7. The van der Waals surface area contributed by atoms with E-state index in [4.69, 9.17) is 28.8 Å². The number of anilines is 2. The van der Waals surface area contributed by atoms with Crippen molar-refractivity contribution in [2.24, 2.45) is 0 Å². The molecule has 0 aliphatic carbocycles. The van der Waals surface area contributed by atoms with Gasteiger partial charge < -0.3 is 44.1 Å². The van der Waals surface area contributed by atoms with Crippen LogP contribution in [0.1, 0.15) is 277 Å². The molecule has 0 heterocycles. The lowest BCUT2D eigenvalue weighted by Crippen LogP contribution is -2.30. The summed E-state index contributed by atoms with van der Waals surface area (Å²) in [5, 5.41) is 44.1. The number of benzene rings is 1. The zero-order chi connectivity index (χ0) is 62.2. The molecule has 0 aliphatic rings. The quantitative estimate of drug-likeness (QED) is 0.0154. The SMILES string of the molecule is CCCCCCC(O)CC=CCCCCCCCC(=O)OCC(COC(=O)CCCCCCCC=CCC(CCCCCC)OC(=O)Nc1ccc(C)c(NC(=O)OCC(O)CO)c1)OC(=O)CCCCCCCC=CCC(O)CCCCCC. The third-order valence-corrected chi connectivity index (χ3v) is 14.9. The smallest absolute Gasteiger partial charge is 0.411 e. The number of esters is 3. The standard InChI is InChI=1S/C69H118N2O14/c1-5-8-11-32-41-59(73)43-34-26-20-14-17-23-29-38-47-65(76)81-55-63(84-67(78)49-40-31-25-18-15-21-27-35-44-60(74)42-33-12-9-6-2)56-82-66(77)48-39-30-24-19-16-22-28-37-46-62(45-36-13-10-7-3)85-69(80)70-58-51-50-57(4)64(52-58)71-68(79)83-54-61(75)53-72/h26-28,34-35,37,50-52,59-63,72-75H,5-25,29-33,36,38-49,53-56H2,1-4H3,(H,70,80)(H,71,79). The van der Waals surface area contributed by atoms with Gasteiger partial charge in [0.25, 0.3) is 0 Å². The molecule has 0 fully saturated rings. The molecular formula is C69H118N2O14. The average molecular weight is 1200 g/mol. The van der Waals surface area contributed by atoms with E-state index in [0.717, 1.165) is 160 Å². The monoisotopic (exact) mass is 1200 g/mol. The molecule has 1 aromatic rings. The number of allylic oxidation sites excluding steroid dienone is 3. The highest BCUT2D eigenvalue weighted by Crippen LogP contribution is 2.23. The Labute approximate surface area is 513 Å². The molecule has 0 saturated heterocycles. The van der Waals surface area contributed by atoms with Gasteiger partial charge in [-0.15, -0.1) is 0 Å². The molecule has 16 heteroatoms. The van der Waals surface area contributed by atoms with Crippen LogP contribution in [0.3, 0.4) is 0 Å². The van der Waals surface area contributed by atoms with Gasteiger partial charge in [-0.2, -0.15) is 0 Å². The average Bonchev–Trinajstić information content (AvgIpc) is 3.63. The fraction of sp³-hybridized carbons (Fsp3) is 0.754. The lowest BCUT2D eigenvalue weighted by Gasteiger charge is -2.18. The predicted molar refractivity (Wildman–Crippen MR) is 341 cm³/mol. The Morgan fingerprint density at radius 1 is 0.435 bits per heavy atom. The summed E-state index contributed by atoms with van der Waals surface area (Å²) in [4.78, 5) is 63.8. The first kappa shape index (κ1) is 78.2. The highest BCUT2D eigenvalue weighted by Gasteiger charge is 2.20. The summed E-state index contributed by atoms with van der Waals surface area (Å²) in [5.41, 5.74) is 1.57. The van der Waals surface area contributed by atoms with Gasteiger partial charge in [0.15, 0.2) is 6.10 Å². The van der Waals surface area contributed by atoms with Crippen molar-refractivity contribution in [1.82, 2.24) is 0 Å². The van der Waals surface area contributed by atoms with Gasteiger partial charge in [0.2, 0.25) is 0 Å². The Kier molecular flexibility index (Phi) is 51.4. The zero-order valence-electron chi connectivity index (χ0n) is 53.4. The molecule has 0 saturated carbocycles. The van der Waals surface area contributed by atoms with E-state index >= 15 is 0 Å². The summed E-state index contributed by atoms with van der Waals surface area (Å²) in [6.45, 7) is 7.07. The van der Waals surface area contributed by atoms with Gasteiger partial charge in [0.05, 0.1) is 18.8 Å². The van der Waals surface area contributed by atoms with Crippen LogP contribution in [0, 0.1) is 6.92 Å². The highest BCUT2D eigenvalue weighted by molar-refractivity contribution is 5.89. The Morgan fingerprint density at radius 2 is 0.871 bits per heavy atom. The second-order valence-corrected chi connectivity index (χ2v) is 23.1. The van der Waals surface area contributed by atoms with Crippen molar-refractivity contribution < 1.29 is 68.1 Å². The molecule has 488 valence electrons. The maximum atomic E-state index is 13.0. The van der Waals surface area contributed by atoms with Gasteiger partial charge in [0, 0.05) is 37.1 Å². The maximum Gasteiger partial charge on any atom is 0.411 e. The first-order valence-electron chi connectivity index (χ1n) is 33.4. The predicted octanol–water partition coefficient (Wildman–Crippen LogP) is 16.5. The summed E-state index contributed by atoms with van der Waals surface area (Å²) in [5.74, 6) is -1.15. The normalized spacial score (nSPS) is 13.4. The number of nitrogens with one attached hydrogen (secondary N) is 2. The second-order valence-electron chi connectivity index (χ2n) is 23.1. The lowest BCUT2D eigenvalue weighted by molar-refractivity contribution is -0.167. The largest absolute Gasteiger partial charge is 0.462 e. The Hall–Kier alpha value is -4.77. The van der Waals surface area contributed by atoms with Crippen molar-refractivity contribution in [3.63, 3.8) is 0 Å². The number of carbonyl (C=O) groups excluding carboxylic acids is 5. The van der Waals surface area contributed by atoms with Crippen LogP contribution in [0.5, 0.6) is 0 Å². The van der Waals surface area contributed by atoms with E-state index in [2.05, 4.69) is 67.9 Å². The van der Waals surface area contributed by atoms with Gasteiger partial charge >= 0.3 is 30.1 Å². The Balaban J connectivity index is 2.54. The fourth-order valence-corrected chi connectivity index (χ4v) is 9.55. The number of hydrogen-bond donors (Lipinski definition) is 6. The molecule has 0 aliphatic heterocycles. The molecule has 0 spiro atoms. The zero-order valence-corrected chi connectivity index (χ0v) is 53.4. The molecular weight excluding hydrogens is 1080 g/mol. The van der Waals surface area contributed by atoms with Crippen LogP contribution in [-0.4, -0.2) is 107 Å². The van der Waals surface area contributed by atoms with E-state index in [0.29, 0.717) is 49.9 Å². The summed E-state index contributed by atoms with van der Waals surface area (Å²) in [7, 11) is 0. The van der Waals surface area contributed by atoms with Crippen molar-refractivity contribution in [3.05, 3.63) is 60.2 Å². The number of rotatable bonds is 56. The van der Waals surface area contributed by atoms with Gasteiger partial charge in [-0.25, -0.2) is 9.59 Å². The third kappa shape index (κ3) is 49.0. The molecule has 16 nitrogen and oxygen atoms in total. The van der Waals surface area contributed by atoms with Crippen LogP contribution in [0.15, 0.2) is 54.7 Å². The van der Waals surface area contributed by atoms with Gasteiger partial charge in [-0.05, 0) is 121 Å². The van der Waals surface area contributed by atoms with E-state index in [-0.39, 0.29) is 69.3 Å². The first-order chi connectivity index (χ1) is 41.3. The summed E-state index contributed by atoms with van der Waals surface area (Å²) >= 11 is 0.